The highest BCUT2D eigenvalue weighted by Crippen LogP contribution is 2.29. The van der Waals surface area contributed by atoms with Crippen LogP contribution in [0.1, 0.15) is 48.4 Å². The second kappa shape index (κ2) is 6.60. The third-order valence-corrected chi connectivity index (χ3v) is 4.03. The van der Waals surface area contributed by atoms with E-state index in [0.717, 1.165) is 19.3 Å². The molecule has 120 valence electrons. The average Bonchev–Trinajstić information content (AvgIpc) is 3.09. The Balaban J connectivity index is 1.76. The molecule has 0 aliphatic carbocycles. The van der Waals surface area contributed by atoms with Crippen molar-refractivity contribution in [1.29, 1.82) is 0 Å². The van der Waals surface area contributed by atoms with Gasteiger partial charge in [0.15, 0.2) is 5.78 Å². The molecule has 2 amide bonds. The van der Waals surface area contributed by atoms with Crippen LogP contribution in [0.4, 0.5) is 10.5 Å². The molecule has 7 nitrogen and oxygen atoms in total. The van der Waals surface area contributed by atoms with Gasteiger partial charge in [-0.1, -0.05) is 12.1 Å². The van der Waals surface area contributed by atoms with Gasteiger partial charge in [0.2, 0.25) is 0 Å². The summed E-state index contributed by atoms with van der Waals surface area (Å²) in [6, 6.07) is 6.67. The molecule has 1 aliphatic heterocycles. The van der Waals surface area contributed by atoms with Crippen molar-refractivity contribution in [2.45, 2.75) is 32.2 Å². The molecule has 2 heterocycles. The van der Waals surface area contributed by atoms with Crippen molar-refractivity contribution in [2.24, 2.45) is 0 Å². The Labute approximate surface area is 134 Å². The van der Waals surface area contributed by atoms with Crippen molar-refractivity contribution >= 4 is 17.5 Å². The summed E-state index contributed by atoms with van der Waals surface area (Å²) in [7, 11) is 0. The quantitative estimate of drug-likeness (QED) is 0.852. The number of urea groups is 1. The van der Waals surface area contributed by atoms with E-state index in [1.165, 1.54) is 13.3 Å². The van der Waals surface area contributed by atoms with Gasteiger partial charge in [-0.15, -0.1) is 0 Å². The first kappa shape index (κ1) is 15.2. The highest BCUT2D eigenvalue weighted by molar-refractivity contribution is 5.96. The van der Waals surface area contributed by atoms with E-state index < -0.39 is 0 Å². The fourth-order valence-corrected chi connectivity index (χ4v) is 2.85. The summed E-state index contributed by atoms with van der Waals surface area (Å²) in [6.07, 6.45) is 4.33. The second-order valence-electron chi connectivity index (χ2n) is 5.64. The molecule has 2 N–H and O–H groups in total. The van der Waals surface area contributed by atoms with Crippen LogP contribution >= 0.6 is 0 Å². The van der Waals surface area contributed by atoms with Gasteiger partial charge in [-0.3, -0.25) is 9.89 Å². The Bertz CT molecular complexity index is 698. The summed E-state index contributed by atoms with van der Waals surface area (Å²) in [5.74, 6) is 0.677. The van der Waals surface area contributed by atoms with E-state index in [2.05, 4.69) is 20.5 Å². The van der Waals surface area contributed by atoms with Gasteiger partial charge in [0.1, 0.15) is 12.2 Å². The normalized spacial score (nSPS) is 17.8. The van der Waals surface area contributed by atoms with Gasteiger partial charge < -0.3 is 10.2 Å². The van der Waals surface area contributed by atoms with E-state index in [1.54, 1.807) is 29.2 Å². The number of carbonyl (C=O) groups excluding carboxylic acids is 2. The minimum atomic E-state index is -0.188. The average molecular weight is 313 g/mol. The number of aromatic nitrogens is 3. The van der Waals surface area contributed by atoms with Gasteiger partial charge in [0.25, 0.3) is 0 Å². The van der Waals surface area contributed by atoms with Crippen LogP contribution in [0.15, 0.2) is 30.6 Å². The maximum Gasteiger partial charge on any atom is 0.322 e. The summed E-state index contributed by atoms with van der Waals surface area (Å²) in [5.41, 5.74) is 1.19. The summed E-state index contributed by atoms with van der Waals surface area (Å²) >= 11 is 0. The molecule has 1 atom stereocenters. The first-order valence-electron chi connectivity index (χ1n) is 7.69. The number of hydrogen-bond donors (Lipinski definition) is 2. The van der Waals surface area contributed by atoms with Crippen LogP contribution in [0, 0.1) is 0 Å². The highest BCUT2D eigenvalue weighted by Gasteiger charge is 2.29. The molecule has 3 rings (SSSR count). The van der Waals surface area contributed by atoms with Crippen molar-refractivity contribution in [3.8, 4) is 0 Å². The molecule has 23 heavy (non-hydrogen) atoms. The molecule has 1 aliphatic rings. The number of piperidine rings is 1. The molecule has 2 aromatic rings. The number of rotatable bonds is 3. The number of nitrogens with zero attached hydrogens (tertiary/aromatic N) is 3. The van der Waals surface area contributed by atoms with Crippen LogP contribution in [-0.4, -0.2) is 38.4 Å². The minimum absolute atomic E-state index is 0.0291. The lowest BCUT2D eigenvalue weighted by molar-refractivity contribution is 0.101. The topological polar surface area (TPSA) is 91.0 Å². The number of benzene rings is 1. The fourth-order valence-electron chi connectivity index (χ4n) is 2.85. The molecular weight excluding hydrogens is 294 g/mol. The predicted octanol–water partition coefficient (Wildman–Crippen LogP) is 2.77. The molecule has 0 spiro atoms. The molecule has 1 aromatic carbocycles. The maximum atomic E-state index is 12.6. The zero-order valence-corrected chi connectivity index (χ0v) is 13.0. The first-order chi connectivity index (χ1) is 11.1. The molecule has 7 heteroatoms. The zero-order valence-electron chi connectivity index (χ0n) is 13.0. The Hall–Kier alpha value is -2.70. The van der Waals surface area contributed by atoms with Crippen LogP contribution < -0.4 is 5.32 Å². The number of hydrogen-bond acceptors (Lipinski definition) is 4. The summed E-state index contributed by atoms with van der Waals surface area (Å²) in [4.78, 5) is 30.0. The summed E-state index contributed by atoms with van der Waals surface area (Å²) < 4.78 is 0. The number of aromatic amines is 1. The number of nitrogens with one attached hydrogen (secondary N) is 2. The van der Waals surface area contributed by atoms with E-state index in [4.69, 9.17) is 0 Å². The van der Waals surface area contributed by atoms with E-state index in [0.29, 0.717) is 23.6 Å². The van der Waals surface area contributed by atoms with Crippen LogP contribution in [0.5, 0.6) is 0 Å². The van der Waals surface area contributed by atoms with Gasteiger partial charge >= 0.3 is 6.03 Å². The van der Waals surface area contributed by atoms with Gasteiger partial charge in [-0.05, 0) is 38.3 Å². The molecule has 0 bridgehead atoms. The van der Waals surface area contributed by atoms with Gasteiger partial charge in [-0.25, -0.2) is 9.78 Å². The Morgan fingerprint density at radius 3 is 2.96 bits per heavy atom. The maximum absolute atomic E-state index is 12.6. The summed E-state index contributed by atoms with van der Waals surface area (Å²) in [6.45, 7) is 2.18. The number of H-pyrrole nitrogens is 1. The number of Topliss-reactive ketones (excluding diaryl/α,β-unsaturated/α-hetero) is 1. The zero-order chi connectivity index (χ0) is 16.2. The number of likely N-dealkylation sites (tertiary alicyclic amines) is 1. The monoisotopic (exact) mass is 313 g/mol. The lowest BCUT2D eigenvalue weighted by Crippen LogP contribution is -2.41. The lowest BCUT2D eigenvalue weighted by atomic mass is 10.0. The van der Waals surface area contributed by atoms with Crippen LogP contribution in [0.2, 0.25) is 0 Å². The largest absolute Gasteiger partial charge is 0.322 e. The first-order valence-corrected chi connectivity index (χ1v) is 7.69. The van der Waals surface area contributed by atoms with Crippen molar-refractivity contribution in [2.75, 3.05) is 11.9 Å². The third kappa shape index (κ3) is 3.39. The minimum Gasteiger partial charge on any atom is -0.314 e. The van der Waals surface area contributed by atoms with Crippen LogP contribution in [-0.2, 0) is 0 Å². The van der Waals surface area contributed by atoms with E-state index >= 15 is 0 Å². The van der Waals surface area contributed by atoms with E-state index in [9.17, 15) is 9.59 Å². The standard InChI is InChI=1S/C16H19N5O2/c1-11(22)12-5-4-6-13(9-12)19-16(23)21-8-3-2-7-14(21)15-17-10-18-20-15/h4-6,9-10,14H,2-3,7-8H2,1H3,(H,19,23)(H,17,18,20). The molecule has 1 unspecified atom stereocenters. The fraction of sp³-hybridized carbons (Fsp3) is 0.375. The molecular formula is C16H19N5O2. The second-order valence-corrected chi connectivity index (χ2v) is 5.64. The smallest absolute Gasteiger partial charge is 0.314 e. The van der Waals surface area contributed by atoms with E-state index in [1.807, 2.05) is 0 Å². The SMILES string of the molecule is CC(=O)c1cccc(NC(=O)N2CCCCC2c2ncn[nH]2)c1. The Kier molecular flexibility index (Phi) is 4.36. The Morgan fingerprint density at radius 2 is 2.22 bits per heavy atom. The molecule has 1 aromatic heterocycles. The van der Waals surface area contributed by atoms with Crippen molar-refractivity contribution in [3.63, 3.8) is 0 Å². The van der Waals surface area contributed by atoms with Gasteiger partial charge in [-0.2, -0.15) is 5.10 Å². The predicted molar refractivity (Wildman–Crippen MR) is 85.1 cm³/mol. The molecule has 0 radical (unpaired) electrons. The third-order valence-electron chi connectivity index (χ3n) is 4.03. The summed E-state index contributed by atoms with van der Waals surface area (Å²) in [5, 5.41) is 9.60. The number of anilines is 1. The molecule has 0 saturated carbocycles. The van der Waals surface area contributed by atoms with Crippen molar-refractivity contribution < 1.29 is 9.59 Å². The van der Waals surface area contributed by atoms with Gasteiger partial charge in [0.05, 0.1) is 6.04 Å². The molecule has 1 fully saturated rings. The lowest BCUT2D eigenvalue weighted by Gasteiger charge is -2.34. The molecule has 1 saturated heterocycles. The van der Waals surface area contributed by atoms with Crippen LogP contribution in [0.3, 0.4) is 0 Å². The van der Waals surface area contributed by atoms with Gasteiger partial charge in [0, 0.05) is 17.8 Å². The number of amides is 2. The Morgan fingerprint density at radius 1 is 1.35 bits per heavy atom. The number of carbonyl (C=O) groups is 2. The highest BCUT2D eigenvalue weighted by atomic mass is 16.2. The number of ketones is 1. The van der Waals surface area contributed by atoms with E-state index in [-0.39, 0.29) is 17.9 Å². The van der Waals surface area contributed by atoms with Crippen LogP contribution in [0.25, 0.3) is 0 Å². The van der Waals surface area contributed by atoms with Crippen molar-refractivity contribution in [1.82, 2.24) is 20.1 Å². The van der Waals surface area contributed by atoms with Crippen molar-refractivity contribution in [3.05, 3.63) is 42.0 Å².